The summed E-state index contributed by atoms with van der Waals surface area (Å²) in [6, 6.07) is 6.14. The number of carbonyl (C=O) groups is 1. The second-order valence-electron chi connectivity index (χ2n) is 5.81. The smallest absolute Gasteiger partial charge is 0.238 e. The number of likely N-dealkylation sites (tertiary alicyclic amines) is 1. The zero-order chi connectivity index (χ0) is 15.4. The highest BCUT2D eigenvalue weighted by molar-refractivity contribution is 5.94. The first-order chi connectivity index (χ1) is 10.0. The van der Waals surface area contributed by atoms with Gasteiger partial charge in [-0.3, -0.25) is 9.69 Å². The Labute approximate surface area is 126 Å². The number of benzene rings is 1. The van der Waals surface area contributed by atoms with Crippen LogP contribution in [0.5, 0.6) is 5.75 Å². The van der Waals surface area contributed by atoms with Crippen LogP contribution >= 0.6 is 0 Å². The summed E-state index contributed by atoms with van der Waals surface area (Å²) in [5.41, 5.74) is 6.99. The zero-order valence-electron chi connectivity index (χ0n) is 13.1. The van der Waals surface area contributed by atoms with Crippen LogP contribution in [0.2, 0.25) is 0 Å². The Morgan fingerprint density at radius 2 is 2.05 bits per heavy atom. The Hall–Kier alpha value is -1.75. The Bertz CT molecular complexity index is 494. The topological polar surface area (TPSA) is 67.6 Å². The van der Waals surface area contributed by atoms with Crippen molar-refractivity contribution >= 4 is 17.3 Å². The van der Waals surface area contributed by atoms with Crippen molar-refractivity contribution in [3.8, 4) is 5.75 Å². The summed E-state index contributed by atoms with van der Waals surface area (Å²) in [4.78, 5) is 14.6. The number of nitrogens with zero attached hydrogens (tertiary/aromatic N) is 1. The summed E-state index contributed by atoms with van der Waals surface area (Å²) in [5.74, 6) is 0.571. The molecule has 0 spiro atoms. The number of carbonyl (C=O) groups excluding carboxylic acids is 1. The minimum atomic E-state index is -0.0151. The average Bonchev–Trinajstić information content (AvgIpc) is 2.45. The largest absolute Gasteiger partial charge is 0.494 e. The average molecular weight is 291 g/mol. The van der Waals surface area contributed by atoms with Crippen LogP contribution in [0.1, 0.15) is 33.1 Å². The van der Waals surface area contributed by atoms with Crippen molar-refractivity contribution in [2.45, 2.75) is 45.2 Å². The first-order valence-electron chi connectivity index (χ1n) is 7.50. The molecule has 2 atom stereocenters. The van der Waals surface area contributed by atoms with Crippen LogP contribution in [-0.2, 0) is 4.79 Å². The molecule has 1 heterocycles. The molecule has 0 radical (unpaired) electrons. The summed E-state index contributed by atoms with van der Waals surface area (Å²) in [6.45, 7) is 4.79. The Morgan fingerprint density at radius 3 is 2.67 bits per heavy atom. The summed E-state index contributed by atoms with van der Waals surface area (Å²) in [5, 5.41) is 2.92. The van der Waals surface area contributed by atoms with Gasteiger partial charge in [0.05, 0.1) is 19.3 Å². The molecule has 1 aromatic carbocycles. The Balaban J connectivity index is 2.01. The number of ether oxygens (including phenoxy) is 1. The molecule has 2 rings (SSSR count). The van der Waals surface area contributed by atoms with Gasteiger partial charge in [0.25, 0.3) is 0 Å². The van der Waals surface area contributed by atoms with E-state index in [0.717, 1.165) is 12.8 Å². The predicted octanol–water partition coefficient (Wildman–Crippen LogP) is 2.48. The van der Waals surface area contributed by atoms with Crippen molar-refractivity contribution < 1.29 is 9.53 Å². The molecule has 1 aliphatic rings. The maximum absolute atomic E-state index is 12.3. The van der Waals surface area contributed by atoms with Gasteiger partial charge in [0.15, 0.2) is 0 Å². The Morgan fingerprint density at radius 1 is 1.38 bits per heavy atom. The molecule has 1 fully saturated rings. The monoisotopic (exact) mass is 291 g/mol. The SMILES string of the molecule is COc1cc(N)ccc1NC(=O)CN1C(C)CCCC1C. The van der Waals surface area contributed by atoms with Gasteiger partial charge in [-0.15, -0.1) is 0 Å². The van der Waals surface area contributed by atoms with Crippen molar-refractivity contribution in [1.29, 1.82) is 0 Å². The van der Waals surface area contributed by atoms with Gasteiger partial charge in [0.2, 0.25) is 5.91 Å². The lowest BCUT2D eigenvalue weighted by molar-refractivity contribution is -0.118. The van der Waals surface area contributed by atoms with Crippen LogP contribution < -0.4 is 15.8 Å². The maximum Gasteiger partial charge on any atom is 0.238 e. The summed E-state index contributed by atoms with van der Waals surface area (Å²) in [6.07, 6.45) is 3.55. The van der Waals surface area contributed by atoms with Gasteiger partial charge < -0.3 is 15.8 Å². The molecule has 3 N–H and O–H groups in total. The number of nitrogen functional groups attached to an aromatic ring is 1. The van der Waals surface area contributed by atoms with Gasteiger partial charge in [-0.25, -0.2) is 0 Å². The molecule has 1 amide bonds. The molecule has 1 saturated heterocycles. The fraction of sp³-hybridized carbons (Fsp3) is 0.562. The number of rotatable bonds is 4. The van der Waals surface area contributed by atoms with Crippen LogP contribution in [0.25, 0.3) is 0 Å². The third-order valence-electron chi connectivity index (χ3n) is 4.20. The molecule has 0 saturated carbocycles. The minimum Gasteiger partial charge on any atom is -0.494 e. The normalized spacial score (nSPS) is 22.8. The van der Waals surface area contributed by atoms with E-state index in [1.54, 1.807) is 25.3 Å². The molecule has 5 nitrogen and oxygen atoms in total. The first-order valence-corrected chi connectivity index (χ1v) is 7.50. The molecular formula is C16H25N3O2. The van der Waals surface area contributed by atoms with Crippen molar-refractivity contribution in [3.63, 3.8) is 0 Å². The highest BCUT2D eigenvalue weighted by Crippen LogP contribution is 2.27. The molecule has 116 valence electrons. The quantitative estimate of drug-likeness (QED) is 0.836. The number of nitrogens with one attached hydrogen (secondary N) is 1. The van der Waals surface area contributed by atoms with Gasteiger partial charge in [-0.1, -0.05) is 6.42 Å². The molecule has 5 heteroatoms. The lowest BCUT2D eigenvalue weighted by Crippen LogP contribution is -2.47. The van der Waals surface area contributed by atoms with E-state index >= 15 is 0 Å². The Kier molecular flexibility index (Phi) is 5.07. The van der Waals surface area contributed by atoms with Gasteiger partial charge in [-0.2, -0.15) is 0 Å². The highest BCUT2D eigenvalue weighted by atomic mass is 16.5. The summed E-state index contributed by atoms with van der Waals surface area (Å²) in [7, 11) is 1.57. The molecule has 1 aromatic rings. The number of nitrogens with two attached hydrogens (primary N) is 1. The third kappa shape index (κ3) is 3.88. The van der Waals surface area contributed by atoms with Crippen LogP contribution in [0.15, 0.2) is 18.2 Å². The highest BCUT2D eigenvalue weighted by Gasteiger charge is 2.26. The van der Waals surface area contributed by atoms with Gasteiger partial charge in [0.1, 0.15) is 5.75 Å². The molecule has 2 unspecified atom stereocenters. The van der Waals surface area contributed by atoms with Crippen molar-refractivity contribution in [2.24, 2.45) is 0 Å². The fourth-order valence-corrected chi connectivity index (χ4v) is 2.95. The second kappa shape index (κ2) is 6.80. The number of anilines is 2. The molecule has 0 bridgehead atoms. The molecule has 1 aliphatic heterocycles. The number of hydrogen-bond acceptors (Lipinski definition) is 4. The number of hydrogen-bond donors (Lipinski definition) is 2. The molecule has 0 aliphatic carbocycles. The van der Waals surface area contributed by atoms with Gasteiger partial charge in [0, 0.05) is 23.8 Å². The van der Waals surface area contributed by atoms with Crippen molar-refractivity contribution in [1.82, 2.24) is 4.90 Å². The maximum atomic E-state index is 12.3. The fourth-order valence-electron chi connectivity index (χ4n) is 2.95. The second-order valence-corrected chi connectivity index (χ2v) is 5.81. The van der Waals surface area contributed by atoms with Crippen LogP contribution in [0.4, 0.5) is 11.4 Å². The predicted molar refractivity (Wildman–Crippen MR) is 85.5 cm³/mol. The molecule has 21 heavy (non-hydrogen) atoms. The standard InChI is InChI=1S/C16H25N3O2/c1-11-5-4-6-12(2)19(11)10-16(20)18-14-8-7-13(17)9-15(14)21-3/h7-9,11-12H,4-6,10,17H2,1-3H3,(H,18,20). The molecule has 0 aromatic heterocycles. The van der Waals surface area contributed by atoms with Crippen LogP contribution in [0, 0.1) is 0 Å². The van der Waals surface area contributed by atoms with Gasteiger partial charge in [-0.05, 0) is 38.8 Å². The number of amides is 1. The van der Waals surface area contributed by atoms with E-state index in [0.29, 0.717) is 35.8 Å². The van der Waals surface area contributed by atoms with E-state index in [2.05, 4.69) is 24.1 Å². The van der Waals surface area contributed by atoms with E-state index in [4.69, 9.17) is 10.5 Å². The number of piperidine rings is 1. The van der Waals surface area contributed by atoms with Gasteiger partial charge >= 0.3 is 0 Å². The van der Waals surface area contributed by atoms with E-state index in [1.165, 1.54) is 6.42 Å². The van der Waals surface area contributed by atoms with E-state index in [9.17, 15) is 4.79 Å². The number of methoxy groups -OCH3 is 1. The molecular weight excluding hydrogens is 266 g/mol. The van der Waals surface area contributed by atoms with Crippen LogP contribution in [-0.4, -0.2) is 36.5 Å². The summed E-state index contributed by atoms with van der Waals surface area (Å²) < 4.78 is 5.25. The van der Waals surface area contributed by atoms with E-state index in [-0.39, 0.29) is 5.91 Å². The summed E-state index contributed by atoms with van der Waals surface area (Å²) >= 11 is 0. The van der Waals surface area contributed by atoms with E-state index in [1.807, 2.05) is 0 Å². The van der Waals surface area contributed by atoms with Crippen molar-refractivity contribution in [3.05, 3.63) is 18.2 Å². The third-order valence-corrected chi connectivity index (χ3v) is 4.20. The first kappa shape index (κ1) is 15.6. The van der Waals surface area contributed by atoms with Crippen LogP contribution in [0.3, 0.4) is 0 Å². The lowest BCUT2D eigenvalue weighted by atomic mass is 9.97. The van der Waals surface area contributed by atoms with Crippen molar-refractivity contribution in [2.75, 3.05) is 24.7 Å². The lowest BCUT2D eigenvalue weighted by Gasteiger charge is -2.38. The van der Waals surface area contributed by atoms with E-state index < -0.39 is 0 Å². The minimum absolute atomic E-state index is 0.0151. The zero-order valence-corrected chi connectivity index (χ0v) is 13.1.